The predicted molar refractivity (Wildman–Crippen MR) is 35.8 cm³/mol. The highest BCUT2D eigenvalue weighted by molar-refractivity contribution is 5.35. The van der Waals surface area contributed by atoms with Gasteiger partial charge in [-0.3, -0.25) is 4.79 Å². The van der Waals surface area contributed by atoms with Crippen molar-refractivity contribution in [3.63, 3.8) is 0 Å². The van der Waals surface area contributed by atoms with Crippen LogP contribution >= 0.6 is 0 Å². The van der Waals surface area contributed by atoms with Gasteiger partial charge in [0.05, 0.1) is 28.2 Å². The van der Waals surface area contributed by atoms with Crippen molar-refractivity contribution in [1.82, 2.24) is 0 Å². The van der Waals surface area contributed by atoms with E-state index < -0.39 is 0 Å². The van der Waals surface area contributed by atoms with Crippen LogP contribution in [0, 0.1) is 0 Å². The quantitative estimate of drug-likeness (QED) is 0.244. The van der Waals surface area contributed by atoms with Gasteiger partial charge in [0.25, 0.3) is 0 Å². The van der Waals surface area contributed by atoms with Crippen molar-refractivity contribution < 1.29 is 20.8 Å². The highest BCUT2D eigenvalue weighted by atomic mass is 17.1. The van der Waals surface area contributed by atoms with E-state index in [1.54, 1.807) is 0 Å². The molecule has 0 aliphatic rings. The second kappa shape index (κ2) is 5.53. The minimum atomic E-state index is -0.0694. The fourth-order valence-electron chi connectivity index (χ4n) is 0. The Bertz CT molecular complexity index is 65.8. The molecule has 0 saturated heterocycles. The Labute approximate surface area is 56.7 Å². The molecule has 0 rings (SSSR count). The van der Waals surface area contributed by atoms with Crippen molar-refractivity contribution in [2.75, 3.05) is 28.2 Å². The summed E-state index contributed by atoms with van der Waals surface area (Å²) >= 11 is 0. The van der Waals surface area contributed by atoms with Gasteiger partial charge in [0, 0.05) is 1.43 Å². The zero-order chi connectivity index (χ0) is 7.91. The molecule has 0 fully saturated rings. The maximum absolute atomic E-state index is 8.70. The molecule has 0 saturated carbocycles. The average molecular weight is 138 g/mol. The van der Waals surface area contributed by atoms with Crippen LogP contribution in [0.2, 0.25) is 0 Å². The first-order valence-corrected chi connectivity index (χ1v) is 2.44. The number of rotatable bonds is 1. The second-order valence-electron chi connectivity index (χ2n) is 2.88. The van der Waals surface area contributed by atoms with Gasteiger partial charge in [0.15, 0.2) is 0 Å². The normalized spacial score (nSPS) is 9.00. The van der Waals surface area contributed by atoms with Crippen LogP contribution in [0.5, 0.6) is 0 Å². The van der Waals surface area contributed by atoms with E-state index >= 15 is 0 Å². The summed E-state index contributed by atoms with van der Waals surface area (Å²) in [6, 6.07) is 0. The third kappa shape index (κ3) is 1410. The Balaban J connectivity index is -0.0000000910. The van der Waals surface area contributed by atoms with Crippen molar-refractivity contribution >= 4 is 6.47 Å². The minimum Gasteiger partial charge on any atom is -0.333 e. The minimum absolute atomic E-state index is 0. The lowest BCUT2D eigenvalue weighted by molar-refractivity contribution is -0.849. The molecule has 0 spiro atoms. The Hall–Kier alpha value is -0.610. The summed E-state index contributed by atoms with van der Waals surface area (Å²) in [6.45, 7) is -0.0694. The number of hydrogen-bond acceptors (Lipinski definition) is 3. The van der Waals surface area contributed by atoms with E-state index in [0.717, 1.165) is 4.48 Å². The van der Waals surface area contributed by atoms with Crippen molar-refractivity contribution in [3.8, 4) is 0 Å². The van der Waals surface area contributed by atoms with E-state index in [9.17, 15) is 0 Å². The fraction of sp³-hybridized carbons (Fsp3) is 0.800. The number of quaternary nitrogens is 1. The van der Waals surface area contributed by atoms with Gasteiger partial charge in [-0.25, -0.2) is 5.26 Å². The van der Waals surface area contributed by atoms with Crippen molar-refractivity contribution in [3.05, 3.63) is 0 Å². The van der Waals surface area contributed by atoms with Gasteiger partial charge in [0.1, 0.15) is 0 Å². The van der Waals surface area contributed by atoms with Crippen LogP contribution in [-0.2, 0) is 9.68 Å². The zero-order valence-electron chi connectivity index (χ0n) is 6.29. The van der Waals surface area contributed by atoms with Gasteiger partial charge < -0.3 is 9.37 Å². The van der Waals surface area contributed by atoms with E-state index in [0.29, 0.717) is 0 Å². The highest BCUT2D eigenvalue weighted by Crippen LogP contribution is 1.73. The molecule has 9 heavy (non-hydrogen) atoms. The summed E-state index contributed by atoms with van der Waals surface area (Å²) in [5.74, 6) is 0. The number of hydrogen-bond donors (Lipinski definition) is 1. The maximum atomic E-state index is 8.70. The second-order valence-corrected chi connectivity index (χ2v) is 2.88. The van der Waals surface area contributed by atoms with E-state index in [1.165, 1.54) is 0 Å². The van der Waals surface area contributed by atoms with Gasteiger partial charge in [-0.2, -0.15) is 0 Å². The number of nitrogens with zero attached hydrogens (tertiary/aromatic N) is 1. The molecule has 0 aromatic rings. The van der Waals surface area contributed by atoms with Crippen LogP contribution in [0.15, 0.2) is 0 Å². The smallest absolute Gasteiger partial charge is 0.330 e. The van der Waals surface area contributed by atoms with Crippen LogP contribution < -0.4 is 0 Å². The molecule has 0 bridgehead atoms. The summed E-state index contributed by atoms with van der Waals surface area (Å²) in [4.78, 5) is 11.6. The van der Waals surface area contributed by atoms with Gasteiger partial charge in [-0.05, 0) is 0 Å². The third-order valence-corrected chi connectivity index (χ3v) is 0.0430. The topological polar surface area (TPSA) is 46.5 Å². The molecular weight excluding hydrogens is 122 g/mol. The summed E-state index contributed by atoms with van der Waals surface area (Å²) in [5.41, 5.74) is 0. The Morgan fingerprint density at radius 2 is 1.56 bits per heavy atom. The van der Waals surface area contributed by atoms with Gasteiger partial charge in [0.2, 0.25) is 0 Å². The van der Waals surface area contributed by atoms with Gasteiger partial charge >= 0.3 is 6.47 Å². The fourth-order valence-corrected chi connectivity index (χ4v) is 0. The summed E-state index contributed by atoms with van der Waals surface area (Å²) in [5, 5.41) is 7.01. The average Bonchev–Trinajstić information content (AvgIpc) is 1.61. The Kier molecular flexibility index (Phi) is 6.89. The highest BCUT2D eigenvalue weighted by Gasteiger charge is 1.88. The SMILES string of the molecule is C[N+](C)(C)C.O=COO.[HH]. The Morgan fingerprint density at radius 1 is 1.44 bits per heavy atom. The molecule has 0 heterocycles. The van der Waals surface area contributed by atoms with Crippen LogP contribution in [0.4, 0.5) is 0 Å². The molecule has 0 radical (unpaired) electrons. The summed E-state index contributed by atoms with van der Waals surface area (Å²) in [6.07, 6.45) is 0. The van der Waals surface area contributed by atoms with Gasteiger partial charge in [-0.1, -0.05) is 0 Å². The molecule has 0 amide bonds. The molecule has 58 valence electrons. The van der Waals surface area contributed by atoms with Gasteiger partial charge in [-0.15, -0.1) is 0 Å². The van der Waals surface area contributed by atoms with Crippen LogP contribution in [0.25, 0.3) is 0 Å². The molecular formula is C5H16NO3+. The van der Waals surface area contributed by atoms with E-state index in [2.05, 4.69) is 33.1 Å². The van der Waals surface area contributed by atoms with Crippen molar-refractivity contribution in [1.29, 1.82) is 0 Å². The van der Waals surface area contributed by atoms with Crippen molar-refractivity contribution in [2.45, 2.75) is 0 Å². The molecule has 4 nitrogen and oxygen atoms in total. The molecule has 0 aliphatic carbocycles. The first-order chi connectivity index (χ1) is 3.91. The van der Waals surface area contributed by atoms with E-state index in [1.807, 2.05) is 0 Å². The lowest BCUT2D eigenvalue weighted by Crippen LogP contribution is -2.27. The standard InChI is InChI=1S/C4H12N.CH2O3.H2/c1-5(2,3)4;2-1-4-3;/h1-4H3;1,3H;1H/q+1;;. The molecule has 0 aliphatic heterocycles. The first kappa shape index (κ1) is 11.2. The number of carbonyl (C=O) groups is 1. The summed E-state index contributed by atoms with van der Waals surface area (Å²) in [7, 11) is 8.50. The molecule has 0 atom stereocenters. The third-order valence-electron chi connectivity index (χ3n) is 0.0430. The molecule has 0 aromatic heterocycles. The lowest BCUT2D eigenvalue weighted by Gasteiger charge is -2.14. The van der Waals surface area contributed by atoms with E-state index in [-0.39, 0.29) is 7.90 Å². The lowest BCUT2D eigenvalue weighted by atomic mass is 10.8. The predicted octanol–water partition coefficient (Wildman–Crippen LogP) is 0.201. The van der Waals surface area contributed by atoms with Crippen LogP contribution in [0.3, 0.4) is 0 Å². The summed E-state index contributed by atoms with van der Waals surface area (Å²) < 4.78 is 1.00. The molecule has 0 unspecified atom stereocenters. The largest absolute Gasteiger partial charge is 0.333 e. The molecule has 0 aromatic carbocycles. The Morgan fingerprint density at radius 3 is 1.56 bits per heavy atom. The molecule has 4 heteroatoms. The maximum Gasteiger partial charge on any atom is 0.330 e. The van der Waals surface area contributed by atoms with Crippen LogP contribution in [-0.4, -0.2) is 44.4 Å². The number of carbonyl (C=O) groups excluding carboxylic acids is 1. The van der Waals surface area contributed by atoms with E-state index in [4.69, 9.17) is 10.1 Å². The van der Waals surface area contributed by atoms with Crippen molar-refractivity contribution in [2.24, 2.45) is 0 Å². The monoisotopic (exact) mass is 138 g/mol. The first-order valence-electron chi connectivity index (χ1n) is 2.44. The zero-order valence-corrected chi connectivity index (χ0v) is 6.29. The van der Waals surface area contributed by atoms with Crippen LogP contribution in [0.1, 0.15) is 1.43 Å². The molecule has 1 N–H and O–H groups in total.